The second-order valence-corrected chi connectivity index (χ2v) is 17.9. The minimum atomic E-state index is -4.45. The fourth-order valence-corrected chi connectivity index (χ4v) is 8.76. The number of halogens is 5. The van der Waals surface area contributed by atoms with E-state index in [-0.39, 0.29) is 58.0 Å². The van der Waals surface area contributed by atoms with Crippen molar-refractivity contribution in [2.45, 2.75) is 124 Å². The van der Waals surface area contributed by atoms with E-state index in [1.54, 1.807) is 23.1 Å². The van der Waals surface area contributed by atoms with Crippen LogP contribution in [0.4, 0.5) is 32.6 Å². The van der Waals surface area contributed by atoms with E-state index in [9.17, 15) is 18.0 Å². The summed E-state index contributed by atoms with van der Waals surface area (Å²) < 4.78 is 84.4. The van der Waals surface area contributed by atoms with Crippen LogP contribution in [0, 0.1) is 29.9 Å². The van der Waals surface area contributed by atoms with E-state index in [2.05, 4.69) is 65.7 Å². The lowest BCUT2D eigenvalue weighted by Gasteiger charge is -2.31. The van der Waals surface area contributed by atoms with Gasteiger partial charge in [-0.1, -0.05) is 64.8 Å². The van der Waals surface area contributed by atoms with Crippen molar-refractivity contribution in [2.75, 3.05) is 45.6 Å². The molecule has 7 rings (SSSR count). The average Bonchev–Trinajstić information content (AvgIpc) is 3.92. The van der Waals surface area contributed by atoms with Crippen LogP contribution in [0.25, 0.3) is 32.9 Å². The summed E-state index contributed by atoms with van der Waals surface area (Å²) in [6.45, 7) is 19.3. The minimum Gasteiger partial charge on any atom is -0.481 e. The number of alkyl halides is 3. The van der Waals surface area contributed by atoms with Crippen LogP contribution in [-0.2, 0) is 10.9 Å². The van der Waals surface area contributed by atoms with Gasteiger partial charge in [0.25, 0.3) is 0 Å². The van der Waals surface area contributed by atoms with Crippen molar-refractivity contribution in [2.24, 2.45) is 5.92 Å². The van der Waals surface area contributed by atoms with Crippen molar-refractivity contribution in [3.05, 3.63) is 71.3 Å². The fraction of sp³-hybridized carbons (Fsp3) is 0.520. The van der Waals surface area contributed by atoms with Crippen LogP contribution in [0.5, 0.6) is 11.9 Å². The van der Waals surface area contributed by atoms with Gasteiger partial charge in [-0.3, -0.25) is 4.90 Å². The average molecular weight is 1000 g/mol. The number of thiol groups is 2. The number of methoxy groups -OCH3 is 1. The molecule has 2 saturated heterocycles. The molecule has 2 N–H and O–H groups in total. The molecule has 1 unspecified atom stereocenters. The highest BCUT2D eigenvalue weighted by Gasteiger charge is 2.45. The number of pyridine rings is 1. The normalized spacial score (nSPS) is 15.0. The van der Waals surface area contributed by atoms with Gasteiger partial charge in [0, 0.05) is 30.1 Å². The van der Waals surface area contributed by atoms with Gasteiger partial charge in [0.05, 0.1) is 29.3 Å². The summed E-state index contributed by atoms with van der Waals surface area (Å²) >= 11 is 6.44. The minimum absolute atomic E-state index is 0.000417. The van der Waals surface area contributed by atoms with Gasteiger partial charge in [0.1, 0.15) is 41.4 Å². The van der Waals surface area contributed by atoms with Crippen LogP contribution in [0.15, 0.2) is 42.7 Å². The highest BCUT2D eigenvalue weighted by atomic mass is 33.1. The maximum atomic E-state index is 17.0. The molecule has 376 valence electrons. The second-order valence-electron chi connectivity index (χ2n) is 17.9. The Morgan fingerprint density at radius 1 is 1.00 bits per heavy atom. The van der Waals surface area contributed by atoms with E-state index in [1.807, 2.05) is 54.5 Å². The predicted molar refractivity (Wildman–Crippen MR) is 269 cm³/mol. The number of amides is 1. The summed E-state index contributed by atoms with van der Waals surface area (Å²) in [5, 5.41) is 1.38. The van der Waals surface area contributed by atoms with Crippen molar-refractivity contribution in [3.63, 3.8) is 0 Å². The van der Waals surface area contributed by atoms with Gasteiger partial charge in [0.2, 0.25) is 5.88 Å². The summed E-state index contributed by atoms with van der Waals surface area (Å²) in [4.78, 5) is 37.8. The fourth-order valence-electron chi connectivity index (χ4n) is 8.76. The van der Waals surface area contributed by atoms with Crippen LogP contribution < -0.4 is 15.2 Å². The highest BCUT2D eigenvalue weighted by Crippen LogP contribution is 2.42. The standard InChI is InChI=1S/C42H52F2N6O3.C6H5F3N2O.C2H6.H2S2/c1-8-21-49(40(51)53-41(5,6)7)24-26(3)15-16-27(4)35-33-37(47-39(48-38(33)45)52-25-42-19-11-22-50(42)23-12-20-42)34(44)36(46-35)30-14-10-13-28-17-18-31(43)29(9-2)32(28)30;1-12-5-2-4(6(7,8)9)10-3-11-5;2*1-2/h2,10,13-14,17-18,26-27H,8,11-12,15-16,19-25H2,1,3-7H3,(H2,45,47,48);2-3H,1H3;1-2H3;1-2H/t26?,27-;;;/m1.../s1. The van der Waals surface area contributed by atoms with Crippen LogP contribution in [0.3, 0.4) is 0 Å². The number of terminal acetylenes is 1. The van der Waals surface area contributed by atoms with E-state index in [1.165, 1.54) is 13.2 Å². The summed E-state index contributed by atoms with van der Waals surface area (Å²) in [5.41, 5.74) is 5.90. The number of carbonyl (C=O) groups excluding carboxylic acids is 1. The van der Waals surface area contributed by atoms with Crippen molar-refractivity contribution in [3.8, 4) is 35.5 Å². The van der Waals surface area contributed by atoms with Gasteiger partial charge in [-0.25, -0.2) is 28.5 Å². The zero-order chi connectivity index (χ0) is 51.3. The molecule has 5 aromatic rings. The van der Waals surface area contributed by atoms with Gasteiger partial charge in [-0.05, 0) is 102 Å². The molecule has 0 radical (unpaired) electrons. The Kier molecular flexibility index (Phi) is 20.5. The molecule has 5 heterocycles. The molecule has 2 fully saturated rings. The number of rotatable bonds is 13. The number of nitrogens with zero attached hydrogens (tertiary/aromatic N) is 7. The molecule has 2 atom stereocenters. The largest absolute Gasteiger partial charge is 0.481 e. The Bertz CT molecular complexity index is 2550. The Hall–Kier alpha value is -5.19. The molecular weight excluding hydrogens is 936 g/mol. The van der Waals surface area contributed by atoms with Crippen LogP contribution >= 0.6 is 23.3 Å². The number of aromatic nitrogens is 5. The first-order valence-corrected chi connectivity index (χ1v) is 24.7. The molecule has 2 aliphatic rings. The number of carbonyl (C=O) groups is 1. The van der Waals surface area contributed by atoms with Crippen LogP contribution in [0.1, 0.15) is 123 Å². The van der Waals surface area contributed by atoms with Crippen molar-refractivity contribution < 1.29 is 41.0 Å². The number of nitrogen functional groups attached to an aromatic ring is 1. The molecule has 2 aromatic carbocycles. The van der Waals surface area contributed by atoms with Gasteiger partial charge in [-0.15, -0.1) is 29.7 Å². The monoisotopic (exact) mass is 1000 g/mol. The van der Waals surface area contributed by atoms with E-state index in [0.29, 0.717) is 53.5 Å². The first-order chi connectivity index (χ1) is 32.8. The number of anilines is 1. The number of hydrogen-bond acceptors (Lipinski definition) is 13. The first kappa shape index (κ1) is 56.4. The van der Waals surface area contributed by atoms with Gasteiger partial charge in [-0.2, -0.15) is 23.1 Å². The Morgan fingerprint density at radius 3 is 2.29 bits per heavy atom. The summed E-state index contributed by atoms with van der Waals surface area (Å²) in [7, 11) is 1.24. The molecule has 3 aromatic heterocycles. The number of nitrogens with two attached hydrogens (primary N) is 1. The van der Waals surface area contributed by atoms with Crippen LogP contribution in [-0.4, -0.2) is 91.8 Å². The maximum Gasteiger partial charge on any atom is 0.433 e. The molecule has 0 aliphatic carbocycles. The van der Waals surface area contributed by atoms with Gasteiger partial charge >= 0.3 is 18.3 Å². The van der Waals surface area contributed by atoms with Crippen molar-refractivity contribution in [1.82, 2.24) is 34.7 Å². The van der Waals surface area contributed by atoms with Crippen LogP contribution in [0.2, 0.25) is 0 Å². The van der Waals surface area contributed by atoms with Gasteiger partial charge < -0.3 is 24.8 Å². The number of ether oxygens (including phenoxy) is 3. The SMILES string of the molecule is C#Cc1c(F)ccc2cccc(-c3nc([C@H](C)CCC(C)CN(CCC)C(=O)OC(C)(C)C)c4c(N)nc(OCC56CCCN5CCC6)nc4c3F)c12.CC.COc1cc(C(F)(F)F)ncn1.SS. The smallest absolute Gasteiger partial charge is 0.433 e. The molecule has 1 amide bonds. The van der Waals surface area contributed by atoms with Crippen molar-refractivity contribution >= 4 is 56.9 Å². The topological polar surface area (TPSA) is 142 Å². The zero-order valence-electron chi connectivity index (χ0n) is 40.9. The van der Waals surface area contributed by atoms with E-state index >= 15 is 8.78 Å². The summed E-state index contributed by atoms with van der Waals surface area (Å²) in [6.07, 6.45) is 8.31. The third-order valence-corrected chi connectivity index (χ3v) is 11.9. The number of fused-ring (bicyclic) bond motifs is 3. The number of benzene rings is 2. The quantitative estimate of drug-likeness (QED) is 0.0449. The molecule has 12 nitrogen and oxygen atoms in total. The summed E-state index contributed by atoms with van der Waals surface area (Å²) in [5.74, 6) is 1.07. The lowest BCUT2D eigenvalue weighted by Crippen LogP contribution is -2.43. The lowest BCUT2D eigenvalue weighted by atomic mass is 9.91. The maximum absolute atomic E-state index is 17.0. The summed E-state index contributed by atoms with van der Waals surface area (Å²) in [6, 6.07) is 8.97. The molecule has 69 heavy (non-hydrogen) atoms. The molecule has 0 bridgehead atoms. The van der Waals surface area contributed by atoms with E-state index < -0.39 is 29.1 Å². The van der Waals surface area contributed by atoms with Crippen molar-refractivity contribution in [1.29, 1.82) is 0 Å². The zero-order valence-corrected chi connectivity index (χ0v) is 42.7. The predicted octanol–water partition coefficient (Wildman–Crippen LogP) is 12.2. The van der Waals surface area contributed by atoms with Gasteiger partial charge in [0.15, 0.2) is 11.5 Å². The third kappa shape index (κ3) is 14.0. The molecule has 0 saturated carbocycles. The Labute approximate surface area is 412 Å². The second kappa shape index (κ2) is 25.1. The first-order valence-electron chi connectivity index (χ1n) is 23.1. The Balaban J connectivity index is 0.000000557. The number of hydrogen-bond donors (Lipinski definition) is 3. The van der Waals surface area contributed by atoms with E-state index in [4.69, 9.17) is 26.6 Å². The van der Waals surface area contributed by atoms with E-state index in [0.717, 1.165) is 64.0 Å². The molecule has 0 spiro atoms. The highest BCUT2D eigenvalue weighted by molar-refractivity contribution is 8.59. The third-order valence-electron chi connectivity index (χ3n) is 11.9. The lowest BCUT2D eigenvalue weighted by molar-refractivity contribution is -0.141. The molecule has 2 aliphatic heterocycles. The molecule has 19 heteroatoms. The Morgan fingerprint density at radius 2 is 1.68 bits per heavy atom. The molecular formula is C50H65F5N8O4S2.